The normalized spacial score (nSPS) is 14.7. The summed E-state index contributed by atoms with van der Waals surface area (Å²) in [6, 6.07) is 15.2. The maximum absolute atomic E-state index is 12.7. The molecule has 0 spiro atoms. The number of fused-ring (bicyclic) bond motifs is 1. The third-order valence-corrected chi connectivity index (χ3v) is 5.50. The Morgan fingerprint density at radius 2 is 1.67 bits per heavy atom. The van der Waals surface area contributed by atoms with Gasteiger partial charge < -0.3 is 4.90 Å². The molecule has 2 aromatic carbocycles. The maximum atomic E-state index is 12.7. The molecule has 0 radical (unpaired) electrons. The summed E-state index contributed by atoms with van der Waals surface area (Å²) in [6.45, 7) is 4.05. The molecule has 4 rings (SSSR count). The number of hydrogen-bond donors (Lipinski definition) is 1. The number of benzene rings is 2. The molecule has 0 bridgehead atoms. The van der Waals surface area contributed by atoms with Crippen LogP contribution in [-0.4, -0.2) is 34.5 Å². The predicted molar refractivity (Wildman–Crippen MR) is 119 cm³/mol. The van der Waals surface area contributed by atoms with Crippen molar-refractivity contribution in [1.29, 1.82) is 0 Å². The van der Waals surface area contributed by atoms with Crippen LogP contribution in [0.15, 0.2) is 58.4 Å². The number of rotatable bonds is 4. The first-order valence-electron chi connectivity index (χ1n) is 10.2. The highest BCUT2D eigenvalue weighted by Crippen LogP contribution is 2.20. The van der Waals surface area contributed by atoms with Crippen molar-refractivity contribution >= 4 is 28.1 Å². The van der Waals surface area contributed by atoms with E-state index in [4.69, 9.17) is 0 Å². The second-order valence-electron chi connectivity index (χ2n) is 7.56. The van der Waals surface area contributed by atoms with Crippen molar-refractivity contribution in [2.24, 2.45) is 12.1 Å². The van der Waals surface area contributed by atoms with E-state index in [0.29, 0.717) is 16.5 Å². The van der Waals surface area contributed by atoms with E-state index < -0.39 is 5.91 Å². The Hall–Kier alpha value is -3.48. The van der Waals surface area contributed by atoms with Gasteiger partial charge in [-0.15, -0.1) is 0 Å². The first-order valence-corrected chi connectivity index (χ1v) is 10.2. The minimum absolute atomic E-state index is 0.171. The number of aryl methyl sites for hydroxylation is 1. The second-order valence-corrected chi connectivity index (χ2v) is 7.56. The number of carbonyl (C=O) groups is 1. The van der Waals surface area contributed by atoms with Gasteiger partial charge in [0.1, 0.15) is 0 Å². The van der Waals surface area contributed by atoms with Crippen molar-refractivity contribution in [2.45, 2.75) is 26.2 Å². The molecule has 0 atom stereocenters. The van der Waals surface area contributed by atoms with Crippen LogP contribution in [0.1, 0.15) is 42.2 Å². The lowest BCUT2D eigenvalue weighted by Crippen LogP contribution is -2.29. The van der Waals surface area contributed by atoms with Crippen molar-refractivity contribution in [2.75, 3.05) is 18.0 Å². The quantitative estimate of drug-likeness (QED) is 0.536. The smallest absolute Gasteiger partial charge is 0.292 e. The van der Waals surface area contributed by atoms with Crippen molar-refractivity contribution in [1.82, 2.24) is 15.2 Å². The fourth-order valence-electron chi connectivity index (χ4n) is 3.79. The monoisotopic (exact) mass is 403 g/mol. The number of aromatic nitrogens is 2. The zero-order chi connectivity index (χ0) is 21.1. The Morgan fingerprint density at radius 1 is 1.00 bits per heavy atom. The van der Waals surface area contributed by atoms with Crippen LogP contribution in [0.25, 0.3) is 10.8 Å². The minimum atomic E-state index is -0.453. The molecule has 0 saturated carbocycles. The molecular weight excluding hydrogens is 378 g/mol. The molecule has 1 aliphatic heterocycles. The van der Waals surface area contributed by atoms with Crippen LogP contribution in [0.2, 0.25) is 0 Å². The predicted octanol–water partition coefficient (Wildman–Crippen LogP) is 3.08. The number of hydrogen-bond acceptors (Lipinski definition) is 5. The van der Waals surface area contributed by atoms with E-state index in [-0.39, 0.29) is 11.3 Å². The number of anilines is 1. The van der Waals surface area contributed by atoms with Crippen LogP contribution in [0.5, 0.6) is 0 Å². The number of amides is 1. The number of nitrogens with zero attached hydrogens (tertiary/aromatic N) is 4. The molecule has 0 unspecified atom stereocenters. The molecule has 30 heavy (non-hydrogen) atoms. The van der Waals surface area contributed by atoms with Crippen LogP contribution < -0.4 is 15.9 Å². The van der Waals surface area contributed by atoms with E-state index in [2.05, 4.69) is 32.7 Å². The Balaban J connectivity index is 1.52. The Bertz CT molecular complexity index is 1160. The summed E-state index contributed by atoms with van der Waals surface area (Å²) >= 11 is 0. The lowest BCUT2D eigenvalue weighted by molar-refractivity contribution is 0.0949. The molecule has 0 aliphatic carbocycles. The summed E-state index contributed by atoms with van der Waals surface area (Å²) in [4.78, 5) is 27.4. The maximum Gasteiger partial charge on any atom is 0.292 e. The largest absolute Gasteiger partial charge is 0.372 e. The lowest BCUT2D eigenvalue weighted by atomic mass is 10.1. The fraction of sp³-hybridized carbons (Fsp3) is 0.304. The third kappa shape index (κ3) is 3.96. The van der Waals surface area contributed by atoms with Gasteiger partial charge in [0, 0.05) is 31.2 Å². The second kappa shape index (κ2) is 8.49. The summed E-state index contributed by atoms with van der Waals surface area (Å²) in [5.74, 6) is -0.453. The van der Waals surface area contributed by atoms with E-state index >= 15 is 0 Å². The highest BCUT2D eigenvalue weighted by Gasteiger charge is 2.15. The first-order chi connectivity index (χ1) is 14.5. The van der Waals surface area contributed by atoms with Gasteiger partial charge in [0.25, 0.3) is 11.5 Å². The van der Waals surface area contributed by atoms with E-state index in [1.165, 1.54) is 36.7 Å². The Morgan fingerprint density at radius 3 is 2.37 bits per heavy atom. The highest BCUT2D eigenvalue weighted by atomic mass is 16.2. The SMILES string of the molecule is C/C(=N/NC(=O)c1nn(C)c(=O)c2ccccc12)c1ccc(N2CCCCC2)cc1. The number of nitrogens with one attached hydrogen (secondary N) is 1. The van der Waals surface area contributed by atoms with Crippen molar-refractivity contribution in [3.8, 4) is 0 Å². The summed E-state index contributed by atoms with van der Waals surface area (Å²) in [6.07, 6.45) is 3.78. The van der Waals surface area contributed by atoms with Crippen LogP contribution in [0.3, 0.4) is 0 Å². The number of piperidine rings is 1. The van der Waals surface area contributed by atoms with Gasteiger partial charge in [0.2, 0.25) is 0 Å². The zero-order valence-electron chi connectivity index (χ0n) is 17.3. The summed E-state index contributed by atoms with van der Waals surface area (Å²) in [5.41, 5.74) is 5.36. The summed E-state index contributed by atoms with van der Waals surface area (Å²) < 4.78 is 1.17. The number of carbonyl (C=O) groups excluding carboxylic acids is 1. The van der Waals surface area contributed by atoms with Gasteiger partial charge in [-0.3, -0.25) is 9.59 Å². The molecule has 7 nitrogen and oxygen atoms in total. The molecule has 2 heterocycles. The topological polar surface area (TPSA) is 79.6 Å². The van der Waals surface area contributed by atoms with E-state index in [9.17, 15) is 9.59 Å². The standard InChI is InChI=1S/C23H25N5O2/c1-16(17-10-12-18(13-11-17)28-14-6-3-7-15-28)24-25-22(29)21-19-8-4-5-9-20(19)23(30)27(2)26-21/h4-5,8-13H,3,6-7,14-15H2,1-2H3,(H,25,29)/b24-16-. The Kier molecular flexibility index (Phi) is 5.61. The average Bonchev–Trinajstić information content (AvgIpc) is 2.80. The van der Waals surface area contributed by atoms with Crippen LogP contribution in [-0.2, 0) is 7.05 Å². The third-order valence-electron chi connectivity index (χ3n) is 5.50. The molecule has 1 saturated heterocycles. The van der Waals surface area contributed by atoms with Gasteiger partial charge in [0.15, 0.2) is 5.69 Å². The molecule has 1 aliphatic rings. The number of hydrazone groups is 1. The van der Waals surface area contributed by atoms with Gasteiger partial charge in [-0.05, 0) is 49.9 Å². The molecule has 1 N–H and O–H groups in total. The van der Waals surface area contributed by atoms with Crippen LogP contribution in [0, 0.1) is 0 Å². The van der Waals surface area contributed by atoms with Crippen LogP contribution in [0.4, 0.5) is 5.69 Å². The zero-order valence-corrected chi connectivity index (χ0v) is 17.3. The van der Waals surface area contributed by atoms with Gasteiger partial charge in [-0.1, -0.05) is 30.3 Å². The highest BCUT2D eigenvalue weighted by molar-refractivity contribution is 6.06. The van der Waals surface area contributed by atoms with Crippen molar-refractivity contribution in [3.05, 3.63) is 70.1 Å². The molecule has 1 aromatic heterocycles. The molecule has 1 amide bonds. The van der Waals surface area contributed by atoms with Crippen molar-refractivity contribution in [3.63, 3.8) is 0 Å². The average molecular weight is 403 g/mol. The van der Waals surface area contributed by atoms with Gasteiger partial charge in [0.05, 0.1) is 11.1 Å². The molecule has 3 aromatic rings. The van der Waals surface area contributed by atoms with Crippen LogP contribution >= 0.6 is 0 Å². The van der Waals surface area contributed by atoms with E-state index in [1.807, 2.05) is 19.1 Å². The Labute approximate surface area is 175 Å². The molecule has 1 fully saturated rings. The summed E-state index contributed by atoms with van der Waals surface area (Å²) in [5, 5.41) is 9.34. The molecule has 154 valence electrons. The lowest BCUT2D eigenvalue weighted by Gasteiger charge is -2.28. The van der Waals surface area contributed by atoms with E-state index in [1.54, 1.807) is 24.3 Å². The molecule has 7 heteroatoms. The fourth-order valence-corrected chi connectivity index (χ4v) is 3.79. The van der Waals surface area contributed by atoms with E-state index in [0.717, 1.165) is 18.7 Å². The van der Waals surface area contributed by atoms with Gasteiger partial charge in [-0.25, -0.2) is 10.1 Å². The van der Waals surface area contributed by atoms with Gasteiger partial charge >= 0.3 is 0 Å². The first kappa shape index (κ1) is 19.8. The van der Waals surface area contributed by atoms with Crippen molar-refractivity contribution < 1.29 is 4.79 Å². The minimum Gasteiger partial charge on any atom is -0.372 e. The summed E-state index contributed by atoms with van der Waals surface area (Å²) in [7, 11) is 1.53. The van der Waals surface area contributed by atoms with Gasteiger partial charge in [-0.2, -0.15) is 10.2 Å². The molecular formula is C23H25N5O2.